The quantitative estimate of drug-likeness (QED) is 0.483. The van der Waals surface area contributed by atoms with E-state index in [4.69, 9.17) is 9.15 Å². The van der Waals surface area contributed by atoms with Gasteiger partial charge in [-0.3, -0.25) is 4.79 Å². The van der Waals surface area contributed by atoms with Gasteiger partial charge in [0.05, 0.1) is 12.5 Å². The summed E-state index contributed by atoms with van der Waals surface area (Å²) in [5, 5.41) is 3.77. The molecule has 2 aromatic rings. The van der Waals surface area contributed by atoms with Gasteiger partial charge in [-0.05, 0) is 30.2 Å². The van der Waals surface area contributed by atoms with Crippen molar-refractivity contribution in [2.45, 2.75) is 6.42 Å². The molecule has 5 heteroatoms. The first kappa shape index (κ1) is 14.6. The van der Waals surface area contributed by atoms with Crippen molar-refractivity contribution in [3.63, 3.8) is 0 Å². The van der Waals surface area contributed by atoms with Gasteiger partial charge in [0, 0.05) is 0 Å². The molecule has 0 saturated heterocycles. The number of amides is 1. The van der Waals surface area contributed by atoms with Crippen molar-refractivity contribution in [3.05, 3.63) is 66.6 Å². The summed E-state index contributed by atoms with van der Waals surface area (Å²) in [6.45, 7) is 3.59. The highest BCUT2D eigenvalue weighted by Gasteiger charge is 2.05. The van der Waals surface area contributed by atoms with Gasteiger partial charge >= 0.3 is 0 Å². The maximum absolute atomic E-state index is 11.6. The lowest BCUT2D eigenvalue weighted by molar-refractivity contribution is -0.123. The fourth-order valence-electron chi connectivity index (χ4n) is 1.68. The Morgan fingerprint density at radius 1 is 1.33 bits per heavy atom. The third-order valence-corrected chi connectivity index (χ3v) is 2.62. The normalized spacial score (nSPS) is 10.5. The van der Waals surface area contributed by atoms with E-state index >= 15 is 0 Å². The third-order valence-electron chi connectivity index (χ3n) is 2.62. The molecule has 0 radical (unpaired) electrons. The summed E-state index contributed by atoms with van der Waals surface area (Å²) in [6, 6.07) is 11.0. The Hall–Kier alpha value is -2.82. The summed E-state index contributed by atoms with van der Waals surface area (Å²) in [5.41, 5.74) is 3.35. The maximum atomic E-state index is 11.6. The first-order valence-corrected chi connectivity index (χ1v) is 6.46. The number of furan rings is 1. The van der Waals surface area contributed by atoms with Crippen molar-refractivity contribution >= 4 is 12.1 Å². The number of carbonyl (C=O) groups is 1. The highest BCUT2D eigenvalue weighted by molar-refractivity contribution is 5.81. The highest BCUT2D eigenvalue weighted by atomic mass is 16.5. The van der Waals surface area contributed by atoms with E-state index in [0.717, 1.165) is 5.56 Å². The van der Waals surface area contributed by atoms with E-state index in [1.54, 1.807) is 18.2 Å². The van der Waals surface area contributed by atoms with Gasteiger partial charge < -0.3 is 9.15 Å². The van der Waals surface area contributed by atoms with Crippen LogP contribution in [0.1, 0.15) is 11.3 Å². The minimum absolute atomic E-state index is 0.107. The van der Waals surface area contributed by atoms with E-state index < -0.39 is 0 Å². The van der Waals surface area contributed by atoms with Crippen molar-refractivity contribution in [1.82, 2.24) is 5.43 Å². The van der Waals surface area contributed by atoms with Crippen LogP contribution in [0.25, 0.3) is 0 Å². The van der Waals surface area contributed by atoms with Crippen LogP contribution in [0.5, 0.6) is 5.75 Å². The molecule has 0 fully saturated rings. The van der Waals surface area contributed by atoms with Crippen LogP contribution in [-0.2, 0) is 11.2 Å². The Bertz CT molecular complexity index is 618. The number of ether oxygens (including phenoxy) is 1. The number of hydrazone groups is 1. The van der Waals surface area contributed by atoms with Crippen LogP contribution in [0.2, 0.25) is 0 Å². The fourth-order valence-corrected chi connectivity index (χ4v) is 1.68. The van der Waals surface area contributed by atoms with Gasteiger partial charge in [-0.2, -0.15) is 5.10 Å². The molecule has 1 heterocycles. The van der Waals surface area contributed by atoms with E-state index in [1.807, 2.05) is 24.3 Å². The second kappa shape index (κ2) is 7.69. The molecule has 1 amide bonds. The van der Waals surface area contributed by atoms with Gasteiger partial charge in [0.15, 0.2) is 6.61 Å². The lowest BCUT2D eigenvalue weighted by Gasteiger charge is -2.09. The van der Waals surface area contributed by atoms with Crippen LogP contribution in [0.4, 0.5) is 0 Å². The summed E-state index contributed by atoms with van der Waals surface area (Å²) >= 11 is 0. The molecule has 5 nitrogen and oxygen atoms in total. The number of rotatable bonds is 7. The second-order valence-corrected chi connectivity index (χ2v) is 4.20. The fraction of sp³-hybridized carbons (Fsp3) is 0.125. The Morgan fingerprint density at radius 3 is 2.95 bits per heavy atom. The molecule has 0 atom stereocenters. The number of carbonyl (C=O) groups excluding carboxylic acids is 1. The number of hydrogen-bond acceptors (Lipinski definition) is 4. The molecule has 0 aliphatic carbocycles. The minimum atomic E-state index is -0.341. The molecule has 0 aliphatic rings. The van der Waals surface area contributed by atoms with Gasteiger partial charge in [0.25, 0.3) is 5.91 Å². The van der Waals surface area contributed by atoms with E-state index in [9.17, 15) is 4.79 Å². The van der Waals surface area contributed by atoms with Crippen LogP contribution in [0.3, 0.4) is 0 Å². The average molecular weight is 284 g/mol. The lowest BCUT2D eigenvalue weighted by Crippen LogP contribution is -2.24. The second-order valence-electron chi connectivity index (χ2n) is 4.20. The van der Waals surface area contributed by atoms with Gasteiger partial charge in [-0.15, -0.1) is 6.58 Å². The van der Waals surface area contributed by atoms with Gasteiger partial charge in [0.2, 0.25) is 0 Å². The molecule has 0 bridgehead atoms. The summed E-state index contributed by atoms with van der Waals surface area (Å²) in [7, 11) is 0. The van der Waals surface area contributed by atoms with E-state index in [-0.39, 0.29) is 12.5 Å². The molecular weight excluding hydrogens is 268 g/mol. The van der Waals surface area contributed by atoms with Crippen molar-refractivity contribution < 1.29 is 13.9 Å². The van der Waals surface area contributed by atoms with Gasteiger partial charge in [-0.1, -0.05) is 24.3 Å². The smallest absolute Gasteiger partial charge is 0.277 e. The molecule has 0 spiro atoms. The zero-order valence-corrected chi connectivity index (χ0v) is 11.5. The largest absolute Gasteiger partial charge is 0.483 e. The Labute approximate surface area is 122 Å². The maximum Gasteiger partial charge on any atom is 0.277 e. The summed E-state index contributed by atoms with van der Waals surface area (Å²) in [5.74, 6) is 0.890. The van der Waals surface area contributed by atoms with Crippen LogP contribution >= 0.6 is 0 Å². The molecule has 1 N–H and O–H groups in total. The predicted octanol–water partition coefficient (Wildman–Crippen LogP) is 2.54. The van der Waals surface area contributed by atoms with E-state index in [0.29, 0.717) is 17.9 Å². The van der Waals surface area contributed by atoms with Crippen molar-refractivity contribution in [2.75, 3.05) is 6.61 Å². The number of hydrogen-bond donors (Lipinski definition) is 1. The zero-order chi connectivity index (χ0) is 14.9. The molecule has 108 valence electrons. The molecule has 0 aliphatic heterocycles. The Balaban J connectivity index is 1.82. The number of benzene rings is 1. The lowest BCUT2D eigenvalue weighted by atomic mass is 10.1. The SMILES string of the molecule is C=CCc1ccccc1OCC(=O)NN=Cc1ccco1. The molecule has 21 heavy (non-hydrogen) atoms. The van der Waals surface area contributed by atoms with Gasteiger partial charge in [-0.25, -0.2) is 5.43 Å². The summed E-state index contributed by atoms with van der Waals surface area (Å²) in [4.78, 5) is 11.6. The summed E-state index contributed by atoms with van der Waals surface area (Å²) in [6.07, 6.45) is 5.43. The van der Waals surface area contributed by atoms with Crippen LogP contribution in [0, 0.1) is 0 Å². The van der Waals surface area contributed by atoms with Crippen LogP contribution < -0.4 is 10.2 Å². The topological polar surface area (TPSA) is 63.8 Å². The van der Waals surface area contributed by atoms with Crippen LogP contribution in [0.15, 0.2) is 64.8 Å². The van der Waals surface area contributed by atoms with Crippen molar-refractivity contribution in [2.24, 2.45) is 5.10 Å². The predicted molar refractivity (Wildman–Crippen MR) is 80.3 cm³/mol. The molecule has 0 saturated carbocycles. The number of allylic oxidation sites excluding steroid dienone is 1. The third kappa shape index (κ3) is 4.65. The first-order chi connectivity index (χ1) is 10.3. The number of nitrogens with one attached hydrogen (secondary N) is 1. The number of nitrogens with zero attached hydrogens (tertiary/aromatic N) is 1. The first-order valence-electron chi connectivity index (χ1n) is 6.46. The molecule has 1 aromatic carbocycles. The average Bonchev–Trinajstić information content (AvgIpc) is 3.00. The standard InChI is InChI=1S/C16H16N2O3/c1-2-6-13-7-3-4-9-15(13)21-12-16(19)18-17-11-14-8-5-10-20-14/h2-5,7-11H,1,6,12H2,(H,18,19). The number of para-hydroxylation sites is 1. The Kier molecular flexibility index (Phi) is 5.34. The van der Waals surface area contributed by atoms with Crippen molar-refractivity contribution in [1.29, 1.82) is 0 Å². The van der Waals surface area contributed by atoms with Gasteiger partial charge in [0.1, 0.15) is 11.5 Å². The minimum Gasteiger partial charge on any atom is -0.483 e. The van der Waals surface area contributed by atoms with Crippen molar-refractivity contribution in [3.8, 4) is 5.75 Å². The molecule has 2 rings (SSSR count). The van der Waals surface area contributed by atoms with E-state index in [1.165, 1.54) is 12.5 Å². The molecular formula is C16H16N2O3. The molecule has 0 unspecified atom stereocenters. The zero-order valence-electron chi connectivity index (χ0n) is 11.5. The molecule has 1 aromatic heterocycles. The van der Waals surface area contributed by atoms with Crippen LogP contribution in [-0.4, -0.2) is 18.7 Å². The Morgan fingerprint density at radius 2 is 2.19 bits per heavy atom. The van der Waals surface area contributed by atoms with E-state index in [2.05, 4.69) is 17.1 Å². The monoisotopic (exact) mass is 284 g/mol. The summed E-state index contributed by atoms with van der Waals surface area (Å²) < 4.78 is 10.5. The highest BCUT2D eigenvalue weighted by Crippen LogP contribution is 2.18.